The molecular weight excluding hydrogens is 355 g/mol. The number of benzene rings is 1. The first kappa shape index (κ1) is 18.0. The van der Waals surface area contributed by atoms with Crippen LogP contribution in [0, 0.1) is 5.82 Å². The summed E-state index contributed by atoms with van der Waals surface area (Å²) in [5, 5.41) is 0.0343. The number of aromatic amines is 1. The van der Waals surface area contributed by atoms with Gasteiger partial charge in [-0.15, -0.1) is 0 Å². The van der Waals surface area contributed by atoms with E-state index >= 15 is 0 Å². The SMILES string of the molecule is CCc1ncccc1CC(=O)c1cc(C(=O)c2c(F)cccc2Cl)c[nH]1. The van der Waals surface area contributed by atoms with Gasteiger partial charge in [0.05, 0.1) is 16.3 Å². The summed E-state index contributed by atoms with van der Waals surface area (Å²) >= 11 is 5.94. The van der Waals surface area contributed by atoms with E-state index in [-0.39, 0.29) is 34.0 Å². The molecule has 1 aromatic carbocycles. The molecule has 26 heavy (non-hydrogen) atoms. The number of aromatic nitrogens is 2. The van der Waals surface area contributed by atoms with E-state index in [1.54, 1.807) is 12.3 Å². The van der Waals surface area contributed by atoms with E-state index in [0.29, 0.717) is 0 Å². The number of carbonyl (C=O) groups is 2. The molecule has 0 bridgehead atoms. The summed E-state index contributed by atoms with van der Waals surface area (Å²) in [5.41, 5.74) is 1.98. The fraction of sp³-hybridized carbons (Fsp3) is 0.150. The summed E-state index contributed by atoms with van der Waals surface area (Å²) in [4.78, 5) is 32.1. The molecule has 0 aliphatic rings. The van der Waals surface area contributed by atoms with Gasteiger partial charge >= 0.3 is 0 Å². The predicted molar refractivity (Wildman–Crippen MR) is 97.3 cm³/mol. The third kappa shape index (κ3) is 3.58. The van der Waals surface area contributed by atoms with Gasteiger partial charge in [-0.2, -0.15) is 0 Å². The second-order valence-corrected chi connectivity index (χ2v) is 6.20. The van der Waals surface area contributed by atoms with Gasteiger partial charge in [0.15, 0.2) is 11.6 Å². The first-order valence-electron chi connectivity index (χ1n) is 8.14. The van der Waals surface area contributed by atoms with E-state index in [1.165, 1.54) is 30.5 Å². The first-order chi connectivity index (χ1) is 12.5. The van der Waals surface area contributed by atoms with Crippen molar-refractivity contribution in [2.75, 3.05) is 0 Å². The van der Waals surface area contributed by atoms with Gasteiger partial charge < -0.3 is 4.98 Å². The quantitative estimate of drug-likeness (QED) is 0.653. The van der Waals surface area contributed by atoms with E-state index in [2.05, 4.69) is 9.97 Å². The van der Waals surface area contributed by atoms with E-state index in [0.717, 1.165) is 17.7 Å². The Morgan fingerprint density at radius 1 is 1.23 bits per heavy atom. The fourth-order valence-corrected chi connectivity index (χ4v) is 3.01. The number of pyridine rings is 1. The van der Waals surface area contributed by atoms with Gasteiger partial charge in [-0.05, 0) is 36.2 Å². The second-order valence-electron chi connectivity index (χ2n) is 5.79. The number of ketones is 2. The van der Waals surface area contributed by atoms with Crippen LogP contribution < -0.4 is 0 Å². The number of carbonyl (C=O) groups excluding carboxylic acids is 2. The minimum absolute atomic E-state index is 0.0343. The topological polar surface area (TPSA) is 62.8 Å². The largest absolute Gasteiger partial charge is 0.358 e. The van der Waals surface area contributed by atoms with E-state index in [1.807, 2.05) is 13.0 Å². The number of rotatable bonds is 6. The molecule has 4 nitrogen and oxygen atoms in total. The van der Waals surface area contributed by atoms with Gasteiger partial charge in [0.1, 0.15) is 5.82 Å². The van der Waals surface area contributed by atoms with Gasteiger partial charge in [-0.1, -0.05) is 30.7 Å². The minimum Gasteiger partial charge on any atom is -0.358 e. The Kier molecular flexibility index (Phi) is 5.28. The number of nitrogens with one attached hydrogen (secondary N) is 1. The molecular formula is C20H16ClFN2O2. The molecule has 0 saturated heterocycles. The maximum atomic E-state index is 13.9. The van der Waals surface area contributed by atoms with E-state index in [4.69, 9.17) is 11.6 Å². The van der Waals surface area contributed by atoms with Crippen molar-refractivity contribution in [1.82, 2.24) is 9.97 Å². The van der Waals surface area contributed by atoms with Crippen LogP contribution in [0.5, 0.6) is 0 Å². The van der Waals surface area contributed by atoms with Crippen LogP contribution in [0.4, 0.5) is 4.39 Å². The van der Waals surface area contributed by atoms with Crippen molar-refractivity contribution in [3.05, 3.63) is 87.7 Å². The molecule has 2 aromatic heterocycles. The van der Waals surface area contributed by atoms with Crippen molar-refractivity contribution in [1.29, 1.82) is 0 Å². The molecule has 0 saturated carbocycles. The lowest BCUT2D eigenvalue weighted by molar-refractivity contribution is 0.0988. The van der Waals surface area contributed by atoms with Crippen LogP contribution in [0.2, 0.25) is 5.02 Å². The standard InChI is InChI=1S/C20H16ClFN2O2/c1-2-16-12(5-4-8-23-16)10-18(25)17-9-13(11-24-17)20(26)19-14(21)6-3-7-15(19)22/h3-9,11,24H,2,10H2,1H3. The van der Waals surface area contributed by atoms with Crippen molar-refractivity contribution in [3.63, 3.8) is 0 Å². The zero-order valence-corrected chi connectivity index (χ0v) is 14.8. The van der Waals surface area contributed by atoms with Crippen molar-refractivity contribution >= 4 is 23.2 Å². The molecule has 3 aromatic rings. The van der Waals surface area contributed by atoms with Crippen LogP contribution in [0.15, 0.2) is 48.8 Å². The van der Waals surface area contributed by atoms with Gasteiger partial charge in [0, 0.05) is 30.1 Å². The van der Waals surface area contributed by atoms with Crippen LogP contribution in [0.1, 0.15) is 44.6 Å². The van der Waals surface area contributed by atoms with Crippen molar-refractivity contribution in [2.45, 2.75) is 19.8 Å². The second kappa shape index (κ2) is 7.62. The third-order valence-electron chi connectivity index (χ3n) is 4.11. The van der Waals surface area contributed by atoms with Crippen LogP contribution in [-0.4, -0.2) is 21.5 Å². The number of halogens is 2. The van der Waals surface area contributed by atoms with Gasteiger partial charge in [0.2, 0.25) is 0 Å². The molecule has 6 heteroatoms. The monoisotopic (exact) mass is 370 g/mol. The first-order valence-corrected chi connectivity index (χ1v) is 8.52. The molecule has 0 unspecified atom stereocenters. The Morgan fingerprint density at radius 3 is 2.77 bits per heavy atom. The number of hydrogen-bond acceptors (Lipinski definition) is 3. The predicted octanol–water partition coefficient (Wildman–Crippen LogP) is 4.42. The fourth-order valence-electron chi connectivity index (χ4n) is 2.76. The summed E-state index contributed by atoms with van der Waals surface area (Å²) in [6.07, 6.45) is 3.98. The smallest absolute Gasteiger partial charge is 0.199 e. The Bertz CT molecular complexity index is 961. The van der Waals surface area contributed by atoms with Crippen LogP contribution in [0.25, 0.3) is 0 Å². The summed E-state index contributed by atoms with van der Waals surface area (Å²) in [7, 11) is 0. The molecule has 0 amide bonds. The Morgan fingerprint density at radius 2 is 2.04 bits per heavy atom. The molecule has 0 aliphatic heterocycles. The third-order valence-corrected chi connectivity index (χ3v) is 4.42. The molecule has 132 valence electrons. The average Bonchev–Trinajstić information content (AvgIpc) is 3.12. The molecule has 3 rings (SSSR count). The van der Waals surface area contributed by atoms with E-state index in [9.17, 15) is 14.0 Å². The maximum absolute atomic E-state index is 13.9. The molecule has 1 N–H and O–H groups in total. The van der Waals surface area contributed by atoms with Gasteiger partial charge in [0.25, 0.3) is 0 Å². The highest BCUT2D eigenvalue weighted by atomic mass is 35.5. The zero-order valence-electron chi connectivity index (χ0n) is 14.1. The molecule has 0 atom stereocenters. The van der Waals surface area contributed by atoms with Gasteiger partial charge in [-0.3, -0.25) is 14.6 Å². The number of aryl methyl sites for hydroxylation is 1. The summed E-state index contributed by atoms with van der Waals surface area (Å²) in [6, 6.07) is 9.12. The van der Waals surface area contributed by atoms with Crippen molar-refractivity contribution < 1.29 is 14.0 Å². The Balaban J connectivity index is 1.83. The lowest BCUT2D eigenvalue weighted by Gasteiger charge is -2.05. The summed E-state index contributed by atoms with van der Waals surface area (Å²) in [6.45, 7) is 1.97. The molecule has 0 aliphatic carbocycles. The molecule has 0 fully saturated rings. The summed E-state index contributed by atoms with van der Waals surface area (Å²) in [5.74, 6) is -1.44. The molecule has 0 radical (unpaired) electrons. The highest BCUT2D eigenvalue weighted by molar-refractivity contribution is 6.35. The Hall–Kier alpha value is -2.79. The lowest BCUT2D eigenvalue weighted by atomic mass is 10.0. The number of H-pyrrole nitrogens is 1. The molecule has 2 heterocycles. The van der Waals surface area contributed by atoms with E-state index < -0.39 is 11.6 Å². The summed E-state index contributed by atoms with van der Waals surface area (Å²) < 4.78 is 13.9. The highest BCUT2D eigenvalue weighted by Crippen LogP contribution is 2.23. The molecule has 0 spiro atoms. The normalized spacial score (nSPS) is 10.7. The number of nitrogens with zero attached hydrogens (tertiary/aromatic N) is 1. The average molecular weight is 371 g/mol. The zero-order chi connectivity index (χ0) is 18.7. The highest BCUT2D eigenvalue weighted by Gasteiger charge is 2.20. The maximum Gasteiger partial charge on any atom is 0.199 e. The number of Topliss-reactive ketones (excluding diaryl/α,β-unsaturated/α-hetero) is 1. The van der Waals surface area contributed by atoms with Crippen molar-refractivity contribution in [2.24, 2.45) is 0 Å². The minimum atomic E-state index is -0.695. The van der Waals surface area contributed by atoms with Gasteiger partial charge in [-0.25, -0.2) is 4.39 Å². The van der Waals surface area contributed by atoms with Crippen LogP contribution in [0.3, 0.4) is 0 Å². The van der Waals surface area contributed by atoms with Crippen molar-refractivity contribution in [3.8, 4) is 0 Å². The lowest BCUT2D eigenvalue weighted by Crippen LogP contribution is -2.07. The Labute approximate surface area is 155 Å². The van der Waals surface area contributed by atoms with Crippen LogP contribution in [-0.2, 0) is 12.8 Å². The number of hydrogen-bond donors (Lipinski definition) is 1. The van der Waals surface area contributed by atoms with Crippen LogP contribution >= 0.6 is 11.6 Å².